The number of rotatable bonds is 6. The van der Waals surface area contributed by atoms with Crippen molar-refractivity contribution in [3.8, 4) is 0 Å². The Balaban J connectivity index is 2.25. The van der Waals surface area contributed by atoms with Gasteiger partial charge in [0.1, 0.15) is 0 Å². The van der Waals surface area contributed by atoms with Crippen molar-refractivity contribution in [2.75, 3.05) is 48.3 Å². The molecule has 0 aromatic carbocycles. The summed E-state index contributed by atoms with van der Waals surface area (Å²) in [5.74, 6) is 1.91. The van der Waals surface area contributed by atoms with Crippen LogP contribution in [0.5, 0.6) is 0 Å². The van der Waals surface area contributed by atoms with Crippen LogP contribution in [0.15, 0.2) is 0 Å². The van der Waals surface area contributed by atoms with Crippen LogP contribution >= 0.6 is 0 Å². The van der Waals surface area contributed by atoms with E-state index >= 15 is 0 Å². The Labute approximate surface area is 120 Å². The first-order chi connectivity index (χ1) is 9.60. The summed E-state index contributed by atoms with van der Waals surface area (Å²) in [5.41, 5.74) is 0. The lowest BCUT2D eigenvalue weighted by atomic mass is 10.4. The van der Waals surface area contributed by atoms with Gasteiger partial charge in [-0.25, -0.2) is 0 Å². The number of hydrogen-bond donors (Lipinski definition) is 2. The van der Waals surface area contributed by atoms with Crippen molar-refractivity contribution in [1.82, 2.24) is 15.0 Å². The molecule has 1 aliphatic rings. The molecule has 1 aromatic rings. The molecule has 112 valence electrons. The first kappa shape index (κ1) is 14.8. The van der Waals surface area contributed by atoms with Gasteiger partial charge < -0.3 is 20.2 Å². The highest BCUT2D eigenvalue weighted by Crippen LogP contribution is 2.19. The summed E-state index contributed by atoms with van der Waals surface area (Å²) in [6.45, 7) is 7.02. The van der Waals surface area contributed by atoms with Crippen molar-refractivity contribution in [3.05, 3.63) is 0 Å². The zero-order chi connectivity index (χ0) is 14.5. The van der Waals surface area contributed by atoms with Crippen molar-refractivity contribution in [1.29, 1.82) is 0 Å². The molecular weight excluding hydrogens is 256 g/mol. The Morgan fingerprint density at radius 2 is 2.00 bits per heavy atom. The molecule has 1 atom stereocenters. The van der Waals surface area contributed by atoms with Crippen LogP contribution < -0.4 is 15.1 Å². The molecule has 7 nitrogen and oxygen atoms in total. The van der Waals surface area contributed by atoms with Gasteiger partial charge in [0.25, 0.3) is 0 Å². The van der Waals surface area contributed by atoms with Gasteiger partial charge in [0.05, 0.1) is 6.10 Å². The smallest absolute Gasteiger partial charge is 0.231 e. The van der Waals surface area contributed by atoms with Crippen LogP contribution in [0.3, 0.4) is 0 Å². The molecule has 7 heteroatoms. The van der Waals surface area contributed by atoms with Crippen molar-refractivity contribution in [2.24, 2.45) is 0 Å². The van der Waals surface area contributed by atoms with Crippen LogP contribution in [0.25, 0.3) is 0 Å². The molecular formula is C13H24N6O. The average molecular weight is 280 g/mol. The Morgan fingerprint density at radius 1 is 1.30 bits per heavy atom. The van der Waals surface area contributed by atoms with E-state index in [9.17, 15) is 5.11 Å². The van der Waals surface area contributed by atoms with Crippen LogP contribution in [0.2, 0.25) is 0 Å². The molecule has 0 amide bonds. The summed E-state index contributed by atoms with van der Waals surface area (Å²) in [6.07, 6.45) is 1.94. The molecule has 0 spiro atoms. The van der Waals surface area contributed by atoms with Crippen LogP contribution in [0, 0.1) is 0 Å². The summed E-state index contributed by atoms with van der Waals surface area (Å²) in [7, 11) is 1.88. The number of nitrogens with one attached hydrogen (secondary N) is 1. The molecule has 0 aliphatic carbocycles. The molecule has 1 fully saturated rings. The van der Waals surface area contributed by atoms with E-state index in [0.29, 0.717) is 18.4 Å². The van der Waals surface area contributed by atoms with Gasteiger partial charge in [-0.15, -0.1) is 0 Å². The molecule has 1 aliphatic heterocycles. The third-order valence-electron chi connectivity index (χ3n) is 3.22. The summed E-state index contributed by atoms with van der Waals surface area (Å²) in [4.78, 5) is 17.4. The number of hydrogen-bond acceptors (Lipinski definition) is 7. The summed E-state index contributed by atoms with van der Waals surface area (Å²) in [6, 6.07) is 0. The molecule has 1 aromatic heterocycles. The molecule has 2 N–H and O–H groups in total. The lowest BCUT2D eigenvalue weighted by molar-refractivity contribution is 0.201. The van der Waals surface area contributed by atoms with Crippen LogP contribution in [-0.2, 0) is 0 Å². The molecule has 0 saturated carbocycles. The van der Waals surface area contributed by atoms with Gasteiger partial charge in [-0.05, 0) is 26.7 Å². The number of aromatic nitrogens is 3. The molecule has 20 heavy (non-hydrogen) atoms. The standard InChI is InChI=1S/C13H24N6O/c1-4-14-11-15-12(18(3)9-10(2)20)17-13(16-11)19-7-5-6-8-19/h10,20H,4-9H2,1-3H3,(H,14,15,16,17). The van der Waals surface area contributed by atoms with Gasteiger partial charge in [-0.1, -0.05) is 0 Å². The fourth-order valence-electron chi connectivity index (χ4n) is 2.30. The largest absolute Gasteiger partial charge is 0.392 e. The lowest BCUT2D eigenvalue weighted by Gasteiger charge is -2.22. The molecule has 2 heterocycles. The van der Waals surface area contributed by atoms with E-state index in [4.69, 9.17) is 0 Å². The van der Waals surface area contributed by atoms with Gasteiger partial charge in [0.15, 0.2) is 0 Å². The molecule has 1 saturated heterocycles. The van der Waals surface area contributed by atoms with Gasteiger partial charge in [-0.2, -0.15) is 15.0 Å². The zero-order valence-corrected chi connectivity index (χ0v) is 12.5. The highest BCUT2D eigenvalue weighted by atomic mass is 16.3. The Morgan fingerprint density at radius 3 is 2.60 bits per heavy atom. The fourth-order valence-corrected chi connectivity index (χ4v) is 2.30. The monoisotopic (exact) mass is 280 g/mol. The zero-order valence-electron chi connectivity index (χ0n) is 12.5. The summed E-state index contributed by atoms with van der Waals surface area (Å²) < 4.78 is 0. The van der Waals surface area contributed by atoms with Crippen LogP contribution in [0.4, 0.5) is 17.8 Å². The van der Waals surface area contributed by atoms with E-state index in [1.807, 2.05) is 18.9 Å². The number of anilines is 3. The number of nitrogens with zero attached hydrogens (tertiary/aromatic N) is 5. The van der Waals surface area contributed by atoms with E-state index in [2.05, 4.69) is 25.2 Å². The highest BCUT2D eigenvalue weighted by molar-refractivity contribution is 5.45. The van der Waals surface area contributed by atoms with Gasteiger partial charge in [0.2, 0.25) is 17.8 Å². The van der Waals surface area contributed by atoms with Gasteiger partial charge >= 0.3 is 0 Å². The SMILES string of the molecule is CCNc1nc(N(C)CC(C)O)nc(N2CCCC2)n1. The highest BCUT2D eigenvalue weighted by Gasteiger charge is 2.18. The fraction of sp³-hybridized carbons (Fsp3) is 0.769. The molecule has 2 rings (SSSR count). The molecule has 1 unspecified atom stereocenters. The van der Waals surface area contributed by atoms with Crippen molar-refractivity contribution >= 4 is 17.8 Å². The number of aliphatic hydroxyl groups is 1. The quantitative estimate of drug-likeness (QED) is 0.795. The minimum atomic E-state index is -0.422. The van der Waals surface area contributed by atoms with E-state index in [-0.39, 0.29) is 0 Å². The molecule has 0 bridgehead atoms. The van der Waals surface area contributed by atoms with E-state index in [0.717, 1.165) is 25.6 Å². The Kier molecular flexibility index (Phi) is 4.94. The minimum absolute atomic E-state index is 0.422. The van der Waals surface area contributed by atoms with E-state index < -0.39 is 6.10 Å². The van der Waals surface area contributed by atoms with Crippen molar-refractivity contribution < 1.29 is 5.11 Å². The number of likely N-dealkylation sites (N-methyl/N-ethyl adjacent to an activating group) is 1. The van der Waals surface area contributed by atoms with E-state index in [1.165, 1.54) is 12.8 Å². The second kappa shape index (κ2) is 6.69. The predicted octanol–water partition coefficient (Wildman–Crippen LogP) is 0.721. The summed E-state index contributed by atoms with van der Waals surface area (Å²) >= 11 is 0. The minimum Gasteiger partial charge on any atom is -0.392 e. The van der Waals surface area contributed by atoms with E-state index in [1.54, 1.807) is 6.92 Å². The third-order valence-corrected chi connectivity index (χ3v) is 3.22. The average Bonchev–Trinajstić information content (AvgIpc) is 2.92. The number of aliphatic hydroxyl groups excluding tert-OH is 1. The first-order valence-corrected chi connectivity index (χ1v) is 7.24. The van der Waals surface area contributed by atoms with Crippen LogP contribution in [-0.4, -0.2) is 59.4 Å². The second-order valence-electron chi connectivity index (χ2n) is 5.21. The topological polar surface area (TPSA) is 77.4 Å². The third kappa shape index (κ3) is 3.69. The maximum absolute atomic E-state index is 9.50. The van der Waals surface area contributed by atoms with Crippen molar-refractivity contribution in [3.63, 3.8) is 0 Å². The predicted molar refractivity (Wildman–Crippen MR) is 80.4 cm³/mol. The van der Waals surface area contributed by atoms with Gasteiger partial charge in [0, 0.05) is 33.2 Å². The maximum Gasteiger partial charge on any atom is 0.231 e. The maximum atomic E-state index is 9.50. The van der Waals surface area contributed by atoms with Crippen LogP contribution in [0.1, 0.15) is 26.7 Å². The normalized spacial score (nSPS) is 16.3. The van der Waals surface area contributed by atoms with Gasteiger partial charge in [-0.3, -0.25) is 0 Å². The first-order valence-electron chi connectivity index (χ1n) is 7.24. The Hall–Kier alpha value is -1.63. The Bertz CT molecular complexity index is 433. The second-order valence-corrected chi connectivity index (χ2v) is 5.21. The van der Waals surface area contributed by atoms with Crippen molar-refractivity contribution in [2.45, 2.75) is 32.8 Å². The lowest BCUT2D eigenvalue weighted by Crippen LogP contribution is -2.30. The summed E-state index contributed by atoms with van der Waals surface area (Å²) in [5, 5.41) is 12.6. The molecule has 0 radical (unpaired) electrons.